The summed E-state index contributed by atoms with van der Waals surface area (Å²) in [6.07, 6.45) is 0. The summed E-state index contributed by atoms with van der Waals surface area (Å²) in [5.41, 5.74) is -0.275. The second-order valence-electron chi connectivity index (χ2n) is 2.57. The van der Waals surface area contributed by atoms with Crippen LogP contribution in [-0.4, -0.2) is 5.11 Å². The van der Waals surface area contributed by atoms with Crippen LogP contribution in [0.5, 0.6) is 5.75 Å². The fourth-order valence-electron chi connectivity index (χ4n) is 1.13. The molecule has 4 heteroatoms. The summed E-state index contributed by atoms with van der Waals surface area (Å²) < 4.78 is 5.46. The van der Waals surface area contributed by atoms with Crippen molar-refractivity contribution in [2.24, 2.45) is 0 Å². The number of hydrogen-bond donors (Lipinski definition) is 1. The van der Waals surface area contributed by atoms with Crippen molar-refractivity contribution < 1.29 is 9.52 Å². The van der Waals surface area contributed by atoms with Crippen LogP contribution in [0.3, 0.4) is 0 Å². The minimum Gasteiger partial charge on any atom is -0.504 e. The Kier molecular flexibility index (Phi) is 1.84. The van der Waals surface area contributed by atoms with Gasteiger partial charge < -0.3 is 9.52 Å². The quantitative estimate of drug-likeness (QED) is 0.719. The van der Waals surface area contributed by atoms with Crippen LogP contribution in [0, 0.1) is 0 Å². The molecule has 1 aromatic carbocycles. The summed E-state index contributed by atoms with van der Waals surface area (Å²) in [7, 11) is 0. The molecule has 1 heterocycles. The van der Waals surface area contributed by atoms with Gasteiger partial charge in [-0.25, -0.2) is 4.79 Å². The molecule has 0 saturated carbocycles. The monoisotopic (exact) mass is 240 g/mol. The summed E-state index contributed by atoms with van der Waals surface area (Å²) in [5.74, 6) is -0.0316. The van der Waals surface area contributed by atoms with Gasteiger partial charge in [0.05, 0.1) is 0 Å². The number of hydrogen-bond acceptors (Lipinski definition) is 3. The van der Waals surface area contributed by atoms with E-state index >= 15 is 0 Å². The summed E-state index contributed by atoms with van der Waals surface area (Å²) in [4.78, 5) is 10.9. The molecule has 0 spiro atoms. The molecule has 0 fully saturated rings. The van der Waals surface area contributed by atoms with Crippen molar-refractivity contribution >= 4 is 26.9 Å². The fourth-order valence-corrected chi connectivity index (χ4v) is 1.63. The topological polar surface area (TPSA) is 50.4 Å². The smallest absolute Gasteiger partial charge is 0.337 e. The van der Waals surface area contributed by atoms with E-state index in [0.717, 1.165) is 0 Å². The highest BCUT2D eigenvalue weighted by molar-refractivity contribution is 9.10. The highest BCUT2D eigenvalue weighted by Gasteiger charge is 2.05. The number of fused-ring (bicyclic) bond motifs is 1. The standard InChI is InChI=1S/C9H5BrO3/c10-6-4-8(12)13-9-5(6)2-1-3-7(9)11/h1-4,11H. The minimum atomic E-state index is -0.485. The average molecular weight is 241 g/mol. The molecule has 0 radical (unpaired) electrons. The van der Waals surface area contributed by atoms with Gasteiger partial charge in [0.2, 0.25) is 0 Å². The van der Waals surface area contributed by atoms with Gasteiger partial charge in [0, 0.05) is 15.9 Å². The van der Waals surface area contributed by atoms with E-state index in [1.807, 2.05) is 0 Å². The van der Waals surface area contributed by atoms with Gasteiger partial charge in [0.15, 0.2) is 11.3 Å². The zero-order chi connectivity index (χ0) is 9.42. The van der Waals surface area contributed by atoms with Crippen molar-refractivity contribution in [1.82, 2.24) is 0 Å². The second kappa shape index (κ2) is 2.88. The Morgan fingerprint density at radius 3 is 2.92 bits per heavy atom. The number of benzene rings is 1. The molecule has 0 aliphatic heterocycles. The summed E-state index contributed by atoms with van der Waals surface area (Å²) in [6, 6.07) is 6.23. The molecule has 2 rings (SSSR count). The Balaban J connectivity index is 3.03. The molecule has 66 valence electrons. The lowest BCUT2D eigenvalue weighted by molar-refractivity contribution is 0.457. The maximum absolute atomic E-state index is 10.9. The van der Waals surface area contributed by atoms with Crippen molar-refractivity contribution in [2.75, 3.05) is 0 Å². The Bertz CT molecular complexity index is 516. The zero-order valence-electron chi connectivity index (χ0n) is 6.45. The third-order valence-electron chi connectivity index (χ3n) is 1.70. The van der Waals surface area contributed by atoms with E-state index in [9.17, 15) is 9.90 Å². The number of para-hydroxylation sites is 1. The van der Waals surface area contributed by atoms with E-state index in [1.165, 1.54) is 12.1 Å². The predicted molar refractivity (Wildman–Crippen MR) is 51.8 cm³/mol. The number of rotatable bonds is 0. The maximum atomic E-state index is 10.9. The van der Waals surface area contributed by atoms with E-state index < -0.39 is 5.63 Å². The maximum Gasteiger partial charge on any atom is 0.337 e. The predicted octanol–water partition coefficient (Wildman–Crippen LogP) is 2.26. The molecule has 1 aromatic heterocycles. The Labute approximate surface area is 81.7 Å². The first kappa shape index (κ1) is 8.31. The molecular formula is C9H5BrO3. The SMILES string of the molecule is O=c1cc(Br)c2cccc(O)c2o1. The molecule has 0 bridgehead atoms. The van der Waals surface area contributed by atoms with E-state index in [4.69, 9.17) is 4.42 Å². The van der Waals surface area contributed by atoms with Crippen molar-refractivity contribution in [2.45, 2.75) is 0 Å². The third-order valence-corrected chi connectivity index (χ3v) is 2.35. The van der Waals surface area contributed by atoms with Crippen LogP contribution in [0.1, 0.15) is 0 Å². The average Bonchev–Trinajstić information content (AvgIpc) is 2.07. The largest absolute Gasteiger partial charge is 0.504 e. The molecule has 0 saturated heterocycles. The lowest BCUT2D eigenvalue weighted by Gasteiger charge is -1.99. The van der Waals surface area contributed by atoms with Crippen molar-refractivity contribution in [3.8, 4) is 5.75 Å². The van der Waals surface area contributed by atoms with E-state index in [0.29, 0.717) is 9.86 Å². The van der Waals surface area contributed by atoms with Gasteiger partial charge in [0.1, 0.15) is 0 Å². The van der Waals surface area contributed by atoms with Gasteiger partial charge in [-0.1, -0.05) is 6.07 Å². The molecule has 2 aromatic rings. The van der Waals surface area contributed by atoms with Gasteiger partial charge in [-0.3, -0.25) is 0 Å². The van der Waals surface area contributed by atoms with Crippen LogP contribution in [-0.2, 0) is 0 Å². The van der Waals surface area contributed by atoms with Gasteiger partial charge in [-0.15, -0.1) is 0 Å². The minimum absolute atomic E-state index is 0.0316. The first-order valence-electron chi connectivity index (χ1n) is 3.60. The van der Waals surface area contributed by atoms with Crippen LogP contribution in [0.15, 0.2) is 37.9 Å². The first-order chi connectivity index (χ1) is 6.18. The fraction of sp³-hybridized carbons (Fsp3) is 0. The van der Waals surface area contributed by atoms with Crippen LogP contribution < -0.4 is 5.63 Å². The molecule has 1 N–H and O–H groups in total. The van der Waals surface area contributed by atoms with Crippen molar-refractivity contribution in [1.29, 1.82) is 0 Å². The van der Waals surface area contributed by atoms with E-state index in [1.54, 1.807) is 12.1 Å². The molecule has 3 nitrogen and oxygen atoms in total. The molecule has 0 unspecified atom stereocenters. The zero-order valence-corrected chi connectivity index (χ0v) is 8.04. The summed E-state index contributed by atoms with van der Waals surface area (Å²) in [5, 5.41) is 10.0. The Hall–Kier alpha value is -1.29. The highest BCUT2D eigenvalue weighted by atomic mass is 79.9. The Morgan fingerprint density at radius 1 is 1.38 bits per heavy atom. The number of phenols is 1. The summed E-state index contributed by atoms with van der Waals surface area (Å²) in [6.45, 7) is 0. The number of aromatic hydroxyl groups is 1. The molecule has 13 heavy (non-hydrogen) atoms. The molecule has 0 aliphatic carbocycles. The second-order valence-corrected chi connectivity index (χ2v) is 3.42. The normalized spacial score (nSPS) is 10.5. The van der Waals surface area contributed by atoms with E-state index in [-0.39, 0.29) is 11.3 Å². The lowest BCUT2D eigenvalue weighted by atomic mass is 10.2. The molecular weight excluding hydrogens is 236 g/mol. The van der Waals surface area contributed by atoms with Gasteiger partial charge >= 0.3 is 5.63 Å². The van der Waals surface area contributed by atoms with Crippen LogP contribution in [0.4, 0.5) is 0 Å². The van der Waals surface area contributed by atoms with Crippen LogP contribution in [0.25, 0.3) is 11.0 Å². The van der Waals surface area contributed by atoms with Crippen molar-refractivity contribution in [3.63, 3.8) is 0 Å². The number of halogens is 1. The van der Waals surface area contributed by atoms with Gasteiger partial charge in [-0.05, 0) is 28.1 Å². The molecule has 0 aliphatic rings. The first-order valence-corrected chi connectivity index (χ1v) is 4.39. The number of phenolic OH excluding ortho intramolecular Hbond substituents is 1. The summed E-state index contributed by atoms with van der Waals surface area (Å²) >= 11 is 3.21. The highest BCUT2D eigenvalue weighted by Crippen LogP contribution is 2.27. The van der Waals surface area contributed by atoms with E-state index in [2.05, 4.69) is 15.9 Å². The molecule has 0 amide bonds. The Morgan fingerprint density at radius 2 is 2.15 bits per heavy atom. The van der Waals surface area contributed by atoms with Gasteiger partial charge in [-0.2, -0.15) is 0 Å². The third kappa shape index (κ3) is 1.33. The van der Waals surface area contributed by atoms with Crippen LogP contribution >= 0.6 is 15.9 Å². The molecule has 0 atom stereocenters. The van der Waals surface area contributed by atoms with Crippen LogP contribution in [0.2, 0.25) is 0 Å². The van der Waals surface area contributed by atoms with Crippen molar-refractivity contribution in [3.05, 3.63) is 39.2 Å². The lowest BCUT2D eigenvalue weighted by Crippen LogP contribution is -1.95. The van der Waals surface area contributed by atoms with Gasteiger partial charge in [0.25, 0.3) is 0 Å².